The van der Waals surface area contributed by atoms with Gasteiger partial charge in [0, 0.05) is 0 Å². The molecule has 2 aromatic rings. The van der Waals surface area contributed by atoms with Gasteiger partial charge in [-0.2, -0.15) is 0 Å². The summed E-state index contributed by atoms with van der Waals surface area (Å²) in [4.78, 5) is 29.4. The predicted molar refractivity (Wildman–Crippen MR) is 121 cm³/mol. The molecule has 6 heteroatoms. The van der Waals surface area contributed by atoms with E-state index in [1.807, 2.05) is 36.4 Å². The number of carboxylic acid groups (broad SMARTS) is 1. The number of hydrogen-bond donors (Lipinski definition) is 1. The van der Waals surface area contributed by atoms with E-state index in [9.17, 15) is 14.7 Å². The summed E-state index contributed by atoms with van der Waals surface area (Å²) in [6, 6.07) is 19.8. The quantitative estimate of drug-likeness (QED) is 0.510. The molecule has 2 heterocycles. The maximum absolute atomic E-state index is 13.3. The van der Waals surface area contributed by atoms with Gasteiger partial charge in [-0.1, -0.05) is 6.07 Å². The van der Waals surface area contributed by atoms with Crippen LogP contribution in [-0.4, -0.2) is 84.3 Å². The first kappa shape index (κ1) is 22.5. The van der Waals surface area contributed by atoms with Crippen molar-refractivity contribution < 1.29 is 14.7 Å². The van der Waals surface area contributed by atoms with Gasteiger partial charge in [0.25, 0.3) is 0 Å². The van der Waals surface area contributed by atoms with E-state index in [-0.39, 0.29) is 15.4 Å². The van der Waals surface area contributed by atoms with E-state index < -0.39 is 12.0 Å². The zero-order valence-corrected chi connectivity index (χ0v) is 21.6. The van der Waals surface area contributed by atoms with Crippen LogP contribution in [0.1, 0.15) is 33.9 Å². The van der Waals surface area contributed by atoms with E-state index in [0.29, 0.717) is 44.7 Å². The third-order valence-electron chi connectivity index (χ3n) is 6.66. The molecule has 0 bridgehead atoms. The van der Waals surface area contributed by atoms with Crippen LogP contribution in [-0.2, 0) is 16.0 Å². The molecular weight excluding hydrogens is 583 g/mol. The first-order valence-corrected chi connectivity index (χ1v) is 13.3. The van der Waals surface area contributed by atoms with Crippen LogP contribution in [0.3, 0.4) is 0 Å². The standard InChI is InChI=1S/C25H29N2O3.Pb/c28-24(15-20-10-5-2-6-11-20)27-18-22(16-23(27)25(29)30)26-13-7-12-21(17-26)14-19-8-3-1-4-9-19;/h1-6,8-11,15,21-23H,7,12-14,16-18H2,(H,29,30);. The molecule has 4 atom stereocenters. The van der Waals surface area contributed by atoms with Gasteiger partial charge < -0.3 is 0 Å². The summed E-state index contributed by atoms with van der Waals surface area (Å²) in [5, 5.41) is 9.85. The van der Waals surface area contributed by atoms with E-state index in [4.69, 9.17) is 0 Å². The third kappa shape index (κ3) is 5.37. The number of carbonyl (C=O) groups is 2. The molecule has 2 fully saturated rings. The average Bonchev–Trinajstić information content (AvgIpc) is 3.25. The minimum atomic E-state index is -0.879. The number of amides is 1. The molecule has 2 aliphatic heterocycles. The molecular formula is C25H29N2O3Pb. The minimum absolute atomic E-state index is 0.0226. The molecule has 0 aromatic heterocycles. The summed E-state index contributed by atoms with van der Waals surface area (Å²) in [5.74, 6) is -0.318. The molecule has 5 nitrogen and oxygen atoms in total. The molecule has 1 amide bonds. The SMILES string of the molecule is O=C(O)C1CC(N2CCCC(Cc3ccccc3)C2)CN1C(=O)[CH]([Pb])c1ccccc1. The Labute approximate surface area is 200 Å². The summed E-state index contributed by atoms with van der Waals surface area (Å²) in [6.45, 7) is 2.50. The van der Waals surface area contributed by atoms with Gasteiger partial charge in [-0.05, 0) is 0 Å². The third-order valence-corrected chi connectivity index (χ3v) is 8.92. The van der Waals surface area contributed by atoms with Crippen LogP contribution in [0.25, 0.3) is 0 Å². The second-order valence-electron chi connectivity index (χ2n) is 8.77. The molecule has 2 aromatic carbocycles. The van der Waals surface area contributed by atoms with Gasteiger partial charge in [0.15, 0.2) is 0 Å². The van der Waals surface area contributed by atoms with Crippen LogP contribution in [0.4, 0.5) is 0 Å². The van der Waals surface area contributed by atoms with Gasteiger partial charge in [0.2, 0.25) is 0 Å². The average molecular weight is 613 g/mol. The molecule has 2 saturated heterocycles. The second kappa shape index (κ2) is 10.3. The number of carboxylic acids is 1. The van der Waals surface area contributed by atoms with Gasteiger partial charge in [-0.25, -0.2) is 0 Å². The Morgan fingerprint density at radius 3 is 2.39 bits per heavy atom. The number of nitrogens with zero attached hydrogens (tertiary/aromatic N) is 2. The van der Waals surface area contributed by atoms with Crippen LogP contribution in [0, 0.1) is 5.92 Å². The van der Waals surface area contributed by atoms with Crippen molar-refractivity contribution in [1.29, 1.82) is 0 Å². The van der Waals surface area contributed by atoms with Crippen molar-refractivity contribution in [3.63, 3.8) is 0 Å². The van der Waals surface area contributed by atoms with E-state index in [2.05, 4.69) is 29.2 Å². The molecule has 4 rings (SSSR count). The summed E-state index contributed by atoms with van der Waals surface area (Å²) in [7, 11) is 0. The fourth-order valence-corrected chi connectivity index (χ4v) is 6.45. The fraction of sp³-hybridized carbons (Fsp3) is 0.440. The normalized spacial score (nSPS) is 25.3. The van der Waals surface area contributed by atoms with Gasteiger partial charge in [-0.15, -0.1) is 0 Å². The molecule has 0 aliphatic carbocycles. The molecule has 0 spiro atoms. The summed E-state index contributed by atoms with van der Waals surface area (Å²) in [5.41, 5.74) is 2.36. The summed E-state index contributed by atoms with van der Waals surface area (Å²) < 4.78 is -0.200. The number of piperidine rings is 1. The van der Waals surface area contributed by atoms with Crippen LogP contribution in [0.15, 0.2) is 60.7 Å². The maximum atomic E-state index is 13.3. The topological polar surface area (TPSA) is 60.9 Å². The van der Waals surface area contributed by atoms with Crippen molar-refractivity contribution in [2.24, 2.45) is 5.92 Å². The van der Waals surface area contributed by atoms with Crippen molar-refractivity contribution in [3.05, 3.63) is 71.8 Å². The van der Waals surface area contributed by atoms with Gasteiger partial charge in [0.05, 0.1) is 0 Å². The van der Waals surface area contributed by atoms with Gasteiger partial charge >= 0.3 is 195 Å². The zero-order valence-electron chi connectivity index (χ0n) is 17.7. The number of rotatable bonds is 6. The Bertz CT molecular complexity index is 892. The second-order valence-corrected chi connectivity index (χ2v) is 11.0. The van der Waals surface area contributed by atoms with Crippen molar-refractivity contribution in [1.82, 2.24) is 9.80 Å². The molecule has 161 valence electrons. The monoisotopic (exact) mass is 613 g/mol. The van der Waals surface area contributed by atoms with Crippen LogP contribution in [0.5, 0.6) is 0 Å². The molecule has 0 saturated carbocycles. The predicted octanol–water partition coefficient (Wildman–Crippen LogP) is 2.91. The van der Waals surface area contributed by atoms with Crippen molar-refractivity contribution >= 4 is 37.6 Å². The zero-order chi connectivity index (χ0) is 21.8. The number of hydrogen-bond acceptors (Lipinski definition) is 3. The van der Waals surface area contributed by atoms with E-state index >= 15 is 0 Å². The molecule has 2 aliphatic rings. The molecule has 31 heavy (non-hydrogen) atoms. The number of carbonyl (C=O) groups excluding carboxylic acids is 1. The van der Waals surface area contributed by atoms with E-state index in [1.54, 1.807) is 4.90 Å². The summed E-state index contributed by atoms with van der Waals surface area (Å²) >= 11 is 0.670. The van der Waals surface area contributed by atoms with Crippen LogP contribution >= 0.6 is 0 Å². The molecule has 3 radical (unpaired) electrons. The Kier molecular flexibility index (Phi) is 7.43. The van der Waals surface area contributed by atoms with Crippen molar-refractivity contribution in [3.8, 4) is 0 Å². The van der Waals surface area contributed by atoms with Gasteiger partial charge in [-0.3, -0.25) is 0 Å². The Hall–Kier alpha value is -1.74. The van der Waals surface area contributed by atoms with Crippen LogP contribution < -0.4 is 0 Å². The van der Waals surface area contributed by atoms with E-state index in [0.717, 1.165) is 31.5 Å². The Morgan fingerprint density at radius 1 is 1.03 bits per heavy atom. The van der Waals surface area contributed by atoms with Crippen molar-refractivity contribution in [2.45, 2.75) is 41.2 Å². The Balaban J connectivity index is 1.43. The number of likely N-dealkylation sites (tertiary alicyclic amines) is 2. The fourth-order valence-electron chi connectivity index (χ4n) is 5.05. The molecule has 4 unspecified atom stereocenters. The Morgan fingerprint density at radius 2 is 1.71 bits per heavy atom. The van der Waals surface area contributed by atoms with Crippen molar-refractivity contribution in [2.75, 3.05) is 19.6 Å². The molecule has 1 N–H and O–H groups in total. The first-order chi connectivity index (χ1) is 15.0. The number of aliphatic carboxylic acids is 1. The number of benzene rings is 2. The van der Waals surface area contributed by atoms with Gasteiger partial charge in [0.1, 0.15) is 0 Å². The first-order valence-electron chi connectivity index (χ1n) is 11.1. The van der Waals surface area contributed by atoms with Crippen LogP contribution in [0.2, 0.25) is 0 Å². The summed E-state index contributed by atoms with van der Waals surface area (Å²) in [6.07, 6.45) is 3.93. The van der Waals surface area contributed by atoms with E-state index in [1.165, 1.54) is 12.0 Å².